The van der Waals surface area contributed by atoms with E-state index in [0.29, 0.717) is 54.4 Å². The van der Waals surface area contributed by atoms with E-state index in [4.69, 9.17) is 25.5 Å². The summed E-state index contributed by atoms with van der Waals surface area (Å²) in [5, 5.41) is 45.1. The second-order valence-electron chi connectivity index (χ2n) is 33.5. The van der Waals surface area contributed by atoms with Crippen molar-refractivity contribution in [3.8, 4) is 111 Å². The first-order valence-electron chi connectivity index (χ1n) is 44.0. The molecule has 0 amide bonds. The van der Waals surface area contributed by atoms with Crippen LogP contribution in [0.25, 0.3) is 111 Å². The van der Waals surface area contributed by atoms with E-state index in [1.165, 1.54) is 33.9 Å². The summed E-state index contributed by atoms with van der Waals surface area (Å²) in [5.74, 6) is -4.05. The number of aryl methyl sites for hydroxylation is 15. The SMILES string of the molecule is Cc1ccc(-c2ccc(-c3cccnc3)c(C)c2)c(CCC(=O)O)c1.Cc1ccc(-c2ccc(-c3cccnc3)c(CF)c2)c(CCC(=O)O)c1.Cc1cccc(-c2ccc(-c3ccc(C)cc3CCC(=O)O)cc2C(F)F)c1.Cc1cccc(-c2ccc(-c3ccc(C)cc3CCC(=O)O)cc2C)c1.Cc1cccc(-c2ccc(-c3ccc(C)cc3CCC(=O)O)cc2CF)c1. The number of rotatable bonds is 28. The van der Waals surface area contributed by atoms with Crippen LogP contribution in [-0.2, 0) is 69.4 Å². The number of carbonyl (C=O) groups is 5. The van der Waals surface area contributed by atoms with Crippen molar-refractivity contribution in [1.29, 1.82) is 0 Å². The Hall–Kier alpha value is -14.8. The van der Waals surface area contributed by atoms with Crippen LogP contribution in [0, 0.1) is 69.2 Å². The molecule has 0 spiro atoms. The highest BCUT2D eigenvalue weighted by Gasteiger charge is 2.21. The zero-order valence-corrected chi connectivity index (χ0v) is 76.1. The minimum atomic E-state index is -2.61. The Bertz CT molecular complexity index is 6600. The lowest BCUT2D eigenvalue weighted by molar-refractivity contribution is -0.138. The maximum atomic E-state index is 13.9. The number of alkyl halides is 4. The van der Waals surface area contributed by atoms with Gasteiger partial charge < -0.3 is 25.5 Å². The van der Waals surface area contributed by atoms with Gasteiger partial charge in [0.05, 0.1) is 0 Å². The van der Waals surface area contributed by atoms with Crippen LogP contribution in [0.4, 0.5) is 17.6 Å². The molecule has 5 N–H and O–H groups in total. The predicted molar refractivity (Wildman–Crippen MR) is 524 cm³/mol. The number of aromatic nitrogens is 2. The van der Waals surface area contributed by atoms with E-state index in [1.807, 2.05) is 212 Å². The maximum absolute atomic E-state index is 13.9. The summed E-state index contributed by atoms with van der Waals surface area (Å²) in [4.78, 5) is 63.2. The highest BCUT2D eigenvalue weighted by Crippen LogP contribution is 2.41. The van der Waals surface area contributed by atoms with Crippen LogP contribution >= 0.6 is 0 Å². The monoisotopic (exact) mass is 1770 g/mol. The minimum Gasteiger partial charge on any atom is -0.481 e. The van der Waals surface area contributed by atoms with Crippen LogP contribution in [0.3, 0.4) is 0 Å². The van der Waals surface area contributed by atoms with Crippen LogP contribution in [-0.4, -0.2) is 65.3 Å². The molecule has 13 aromatic carbocycles. The highest BCUT2D eigenvalue weighted by molar-refractivity contribution is 5.83. The number of pyridine rings is 2. The number of halogens is 4. The highest BCUT2D eigenvalue weighted by atomic mass is 19.3. The number of nitrogens with zero attached hydrogens (tertiary/aromatic N) is 2. The van der Waals surface area contributed by atoms with Gasteiger partial charge in [0, 0.05) is 73.6 Å². The summed E-state index contributed by atoms with van der Waals surface area (Å²) in [5.41, 5.74) is 36.7. The van der Waals surface area contributed by atoms with Gasteiger partial charge in [0.2, 0.25) is 0 Å². The zero-order chi connectivity index (χ0) is 94.7. The second-order valence-corrected chi connectivity index (χ2v) is 33.5. The smallest absolute Gasteiger partial charge is 0.303 e. The van der Waals surface area contributed by atoms with Crippen molar-refractivity contribution in [1.82, 2.24) is 9.97 Å². The molecule has 0 saturated heterocycles. The first kappa shape index (κ1) is 97.8. The molecule has 0 aliphatic rings. The normalized spacial score (nSPS) is 10.8. The van der Waals surface area contributed by atoms with Crippen molar-refractivity contribution < 1.29 is 67.1 Å². The summed E-state index contributed by atoms with van der Waals surface area (Å²) in [7, 11) is 0. The van der Waals surface area contributed by atoms with Gasteiger partial charge in [0.1, 0.15) is 13.3 Å². The largest absolute Gasteiger partial charge is 0.481 e. The van der Waals surface area contributed by atoms with Gasteiger partial charge in [0.25, 0.3) is 6.43 Å². The molecule has 672 valence electrons. The molecule has 15 rings (SSSR count). The number of hydrogen-bond acceptors (Lipinski definition) is 7. The van der Waals surface area contributed by atoms with Crippen LogP contribution < -0.4 is 0 Å². The zero-order valence-electron chi connectivity index (χ0n) is 76.1. The van der Waals surface area contributed by atoms with Crippen molar-refractivity contribution in [3.05, 3.63) is 404 Å². The minimum absolute atomic E-state index is 0.000463. The first-order valence-corrected chi connectivity index (χ1v) is 44.0. The van der Waals surface area contributed by atoms with Crippen LogP contribution in [0.15, 0.2) is 304 Å². The Morgan fingerprint density at radius 3 is 0.750 bits per heavy atom. The van der Waals surface area contributed by atoms with E-state index >= 15 is 0 Å². The summed E-state index contributed by atoms with van der Waals surface area (Å²) >= 11 is 0. The average Bonchev–Trinajstić information content (AvgIpc) is 0.807. The van der Waals surface area contributed by atoms with Crippen molar-refractivity contribution in [3.63, 3.8) is 0 Å². The third-order valence-corrected chi connectivity index (χ3v) is 23.1. The van der Waals surface area contributed by atoms with Gasteiger partial charge >= 0.3 is 29.8 Å². The molecule has 15 aromatic rings. The van der Waals surface area contributed by atoms with Gasteiger partial charge in [-0.3, -0.25) is 33.9 Å². The quantitative estimate of drug-likeness (QED) is 0.0290. The van der Waals surface area contributed by atoms with Gasteiger partial charge in [0.15, 0.2) is 0 Å². The van der Waals surface area contributed by atoms with E-state index in [-0.39, 0.29) is 37.7 Å². The molecule has 132 heavy (non-hydrogen) atoms. The Labute approximate surface area is 770 Å². The fourth-order valence-electron chi connectivity index (χ4n) is 16.5. The van der Waals surface area contributed by atoms with E-state index in [9.17, 15) is 41.5 Å². The molecule has 0 bridgehead atoms. The number of benzene rings is 13. The van der Waals surface area contributed by atoms with Crippen molar-refractivity contribution in [2.75, 3.05) is 0 Å². The van der Waals surface area contributed by atoms with E-state index in [2.05, 4.69) is 140 Å². The van der Waals surface area contributed by atoms with E-state index < -0.39 is 49.6 Å². The summed E-state index contributed by atoms with van der Waals surface area (Å²) in [6, 6.07) is 91.6. The summed E-state index contributed by atoms with van der Waals surface area (Å²) in [6.07, 6.45) is 7.22. The van der Waals surface area contributed by atoms with Gasteiger partial charge in [-0.15, -0.1) is 0 Å². The standard InChI is InChI=1S/C24H22F2O2.C24H23FO2.C24H24O2.C22H20FNO2.C22H21NO2/c1-15-4-3-5-17(12-15)21-10-7-19(14-22(21)24(25)26)20-9-6-16(2)13-18(20)8-11-23(27)28;1-16-4-3-5-18(12-16)23-10-7-20(14-21(23)15-25)22-9-6-17(2)13-19(22)8-11-24(26)27;1-16-5-4-6-19(13-16)22-11-8-21(15-18(22)3)23-10-7-17(2)14-20(23)9-12-24(25)26;1-15-4-7-20(16(11-15)6-9-22(25)26)17-5-8-21(19(12-17)13-23)18-3-2-10-24-14-18;1-15-5-8-21(17(12-15)7-10-22(24)25)18-6-9-20(16(2)13-18)19-4-3-11-23-14-19/h3-7,9-10,12-14,24H,8,11H2,1-2H3,(H,27,28);3-7,9-10,12-14H,8,11,15H2,1-2H3,(H,26,27);4-8,10-11,13-15H,9,12H2,1-3H3,(H,25,26);2-5,7-8,10-12,14H,6,9,13H2,1H3,(H,25,26);3-6,8-9,11-14H,7,10H2,1-2H3,(H,24,25). The van der Waals surface area contributed by atoms with Crippen LogP contribution in [0.1, 0.15) is 139 Å². The molecule has 12 nitrogen and oxygen atoms in total. The molecule has 2 aromatic heterocycles. The lowest BCUT2D eigenvalue weighted by atomic mass is 9.91. The lowest BCUT2D eigenvalue weighted by Gasteiger charge is -2.15. The molecule has 16 heteroatoms. The van der Waals surface area contributed by atoms with Crippen molar-refractivity contribution >= 4 is 29.8 Å². The number of aliphatic carboxylic acids is 5. The molecule has 0 aliphatic carbocycles. The lowest BCUT2D eigenvalue weighted by Crippen LogP contribution is -2.00. The number of carboxylic acid groups (broad SMARTS) is 5. The van der Waals surface area contributed by atoms with Gasteiger partial charge in [-0.2, -0.15) is 0 Å². The van der Waals surface area contributed by atoms with Crippen LogP contribution in [0.5, 0.6) is 0 Å². The Morgan fingerprint density at radius 2 is 0.470 bits per heavy atom. The second kappa shape index (κ2) is 47.0. The molecular weight excluding hydrogens is 1660 g/mol. The Balaban J connectivity index is 0.000000159. The molecule has 0 atom stereocenters. The number of hydrogen-bond donors (Lipinski definition) is 5. The Morgan fingerprint density at radius 1 is 0.242 bits per heavy atom. The molecular formula is C116H110F4N2O10. The third-order valence-electron chi connectivity index (χ3n) is 23.1. The Kier molecular flexibility index (Phi) is 34.8. The van der Waals surface area contributed by atoms with E-state index in [0.717, 1.165) is 156 Å². The fraction of sp³-hybridized carbons (Fsp3) is 0.198. The average molecular weight is 1770 g/mol. The van der Waals surface area contributed by atoms with Gasteiger partial charge in [-0.05, 0) is 282 Å². The topological polar surface area (TPSA) is 212 Å². The molecule has 0 radical (unpaired) electrons. The third kappa shape index (κ3) is 27.4. The van der Waals surface area contributed by atoms with Crippen molar-refractivity contribution in [2.45, 2.75) is 153 Å². The van der Waals surface area contributed by atoms with E-state index in [1.54, 1.807) is 24.7 Å². The summed E-state index contributed by atoms with van der Waals surface area (Å²) < 4.78 is 55.2. The fourth-order valence-corrected chi connectivity index (χ4v) is 16.5. The predicted octanol–water partition coefficient (Wildman–Crippen LogP) is 28.9. The van der Waals surface area contributed by atoms with Gasteiger partial charge in [-0.1, -0.05) is 293 Å². The molecule has 0 unspecified atom stereocenters. The molecule has 0 saturated carbocycles. The summed E-state index contributed by atoms with van der Waals surface area (Å²) in [6.45, 7) is 19.1. The van der Waals surface area contributed by atoms with Gasteiger partial charge in [-0.25, -0.2) is 17.6 Å². The first-order chi connectivity index (χ1) is 63.4. The van der Waals surface area contributed by atoms with Crippen molar-refractivity contribution in [2.24, 2.45) is 0 Å². The maximum Gasteiger partial charge on any atom is 0.303 e. The molecule has 0 fully saturated rings. The molecule has 0 aliphatic heterocycles. The number of carboxylic acids is 5. The van der Waals surface area contributed by atoms with Crippen LogP contribution in [0.2, 0.25) is 0 Å². The molecule has 2 heterocycles.